The van der Waals surface area contributed by atoms with E-state index in [1.807, 2.05) is 44.2 Å². The summed E-state index contributed by atoms with van der Waals surface area (Å²) in [4.78, 5) is 28.6. The predicted octanol–water partition coefficient (Wildman–Crippen LogP) is 6.35. The van der Waals surface area contributed by atoms with Gasteiger partial charge in [-0.3, -0.25) is 9.59 Å². The molecule has 0 heterocycles. The van der Waals surface area contributed by atoms with Crippen LogP contribution in [0.5, 0.6) is 0 Å². The summed E-state index contributed by atoms with van der Waals surface area (Å²) in [5.41, 5.74) is 2.35. The number of hydrogen-bond acceptors (Lipinski definition) is 2. The van der Waals surface area contributed by atoms with E-state index in [1.54, 1.807) is 47.4 Å². The molecule has 0 radical (unpaired) electrons. The molecular weight excluding hydrogens is 491 g/mol. The van der Waals surface area contributed by atoms with Crippen molar-refractivity contribution in [3.8, 4) is 0 Å². The molecule has 0 aliphatic rings. The molecule has 3 aromatic carbocycles. The Bertz CT molecular complexity index is 1100. The summed E-state index contributed by atoms with van der Waals surface area (Å²) in [7, 11) is 0. The Morgan fingerprint density at radius 3 is 2.03 bits per heavy atom. The molecule has 2 amide bonds. The van der Waals surface area contributed by atoms with Crippen LogP contribution in [0.2, 0.25) is 15.1 Å². The maximum absolute atomic E-state index is 13.7. The smallest absolute Gasteiger partial charge is 0.243 e. The molecule has 0 saturated carbocycles. The second-order valence-corrected chi connectivity index (χ2v) is 9.64. The maximum atomic E-state index is 13.7. The Hall–Kier alpha value is -2.53. The number of amides is 2. The number of nitrogens with one attached hydrogen (secondary N) is 1. The third-order valence-corrected chi connectivity index (χ3v) is 6.32. The summed E-state index contributed by atoms with van der Waals surface area (Å²) in [5, 5.41) is 4.45. The molecule has 3 aromatic rings. The van der Waals surface area contributed by atoms with Gasteiger partial charge in [-0.1, -0.05) is 83.3 Å². The molecule has 0 aromatic heterocycles. The molecule has 7 heteroatoms. The van der Waals surface area contributed by atoms with Crippen LogP contribution in [0, 0.1) is 0 Å². The Morgan fingerprint density at radius 1 is 0.824 bits per heavy atom. The first-order valence-electron chi connectivity index (χ1n) is 11.1. The van der Waals surface area contributed by atoms with E-state index >= 15 is 0 Å². The van der Waals surface area contributed by atoms with Crippen LogP contribution < -0.4 is 5.32 Å². The quantitative estimate of drug-likeness (QED) is 0.359. The van der Waals surface area contributed by atoms with E-state index in [-0.39, 0.29) is 30.8 Å². The van der Waals surface area contributed by atoms with Gasteiger partial charge in [0.1, 0.15) is 6.04 Å². The molecule has 0 aliphatic heterocycles. The summed E-state index contributed by atoms with van der Waals surface area (Å²) < 4.78 is 0. The monoisotopic (exact) mass is 516 g/mol. The van der Waals surface area contributed by atoms with Gasteiger partial charge >= 0.3 is 0 Å². The topological polar surface area (TPSA) is 49.4 Å². The fourth-order valence-corrected chi connectivity index (χ4v) is 4.31. The largest absolute Gasteiger partial charge is 0.352 e. The van der Waals surface area contributed by atoms with Gasteiger partial charge in [0.25, 0.3) is 0 Å². The Morgan fingerprint density at radius 2 is 1.44 bits per heavy atom. The van der Waals surface area contributed by atoms with Crippen molar-refractivity contribution in [2.75, 3.05) is 0 Å². The molecule has 3 rings (SSSR count). The van der Waals surface area contributed by atoms with Gasteiger partial charge in [0, 0.05) is 39.6 Å². The number of halogens is 3. The van der Waals surface area contributed by atoms with Gasteiger partial charge in [-0.25, -0.2) is 0 Å². The van der Waals surface area contributed by atoms with Gasteiger partial charge in [-0.05, 0) is 49.2 Å². The highest BCUT2D eigenvalue weighted by molar-refractivity contribution is 6.36. The van der Waals surface area contributed by atoms with E-state index in [2.05, 4.69) is 5.32 Å². The SMILES string of the molecule is CC(C)NC(=O)C(Cc1ccccc1)N(Cc1c(Cl)cccc1Cl)C(=O)Cc1ccc(Cl)cc1. The molecule has 0 fully saturated rings. The van der Waals surface area contributed by atoms with Gasteiger partial charge in [-0.15, -0.1) is 0 Å². The summed E-state index contributed by atoms with van der Waals surface area (Å²) in [6.45, 7) is 3.89. The minimum absolute atomic E-state index is 0.0807. The number of hydrogen-bond donors (Lipinski definition) is 1. The van der Waals surface area contributed by atoms with Crippen molar-refractivity contribution < 1.29 is 9.59 Å². The lowest BCUT2D eigenvalue weighted by Gasteiger charge is -2.32. The lowest BCUT2D eigenvalue weighted by atomic mass is 10.0. The molecule has 4 nitrogen and oxygen atoms in total. The summed E-state index contributed by atoms with van der Waals surface area (Å²) in [6.07, 6.45) is 0.466. The molecule has 1 atom stereocenters. The number of rotatable bonds is 9. The van der Waals surface area contributed by atoms with Crippen molar-refractivity contribution in [1.29, 1.82) is 0 Å². The van der Waals surface area contributed by atoms with E-state index < -0.39 is 6.04 Å². The highest BCUT2D eigenvalue weighted by atomic mass is 35.5. The standard InChI is InChI=1S/C27H27Cl3N2O2/c1-18(2)31-27(34)25(15-19-7-4-3-5-8-19)32(17-22-23(29)9-6-10-24(22)30)26(33)16-20-11-13-21(28)14-12-20/h3-14,18,25H,15-17H2,1-2H3,(H,31,34). The van der Waals surface area contributed by atoms with Crippen molar-refractivity contribution in [1.82, 2.24) is 10.2 Å². The van der Waals surface area contributed by atoms with Gasteiger partial charge < -0.3 is 10.2 Å². The summed E-state index contributed by atoms with van der Waals surface area (Å²) in [5.74, 6) is -0.440. The lowest BCUT2D eigenvalue weighted by molar-refractivity contribution is -0.141. The van der Waals surface area contributed by atoms with Crippen LogP contribution in [0.25, 0.3) is 0 Å². The molecule has 34 heavy (non-hydrogen) atoms. The number of nitrogens with zero attached hydrogens (tertiary/aromatic N) is 1. The normalized spacial score (nSPS) is 11.8. The third-order valence-electron chi connectivity index (χ3n) is 5.36. The van der Waals surface area contributed by atoms with Gasteiger partial charge in [0.2, 0.25) is 11.8 Å². The second kappa shape index (κ2) is 12.3. The highest BCUT2D eigenvalue weighted by Gasteiger charge is 2.31. The van der Waals surface area contributed by atoms with E-state index in [0.717, 1.165) is 11.1 Å². The van der Waals surface area contributed by atoms with E-state index in [1.165, 1.54) is 0 Å². The van der Waals surface area contributed by atoms with E-state index in [4.69, 9.17) is 34.8 Å². The van der Waals surface area contributed by atoms with Crippen LogP contribution in [0.15, 0.2) is 72.8 Å². The van der Waals surface area contributed by atoms with Gasteiger partial charge in [-0.2, -0.15) is 0 Å². The highest BCUT2D eigenvalue weighted by Crippen LogP contribution is 2.27. The van der Waals surface area contributed by atoms with Crippen LogP contribution in [0.4, 0.5) is 0 Å². The Labute approximate surface area is 215 Å². The average molecular weight is 518 g/mol. The summed E-state index contributed by atoms with van der Waals surface area (Å²) >= 11 is 18.9. The minimum Gasteiger partial charge on any atom is -0.352 e. The lowest BCUT2D eigenvalue weighted by Crippen LogP contribution is -2.52. The molecule has 0 aliphatic carbocycles. The predicted molar refractivity (Wildman–Crippen MR) is 139 cm³/mol. The minimum atomic E-state index is -0.753. The van der Waals surface area contributed by atoms with Crippen LogP contribution >= 0.6 is 34.8 Å². The van der Waals surface area contributed by atoms with Crippen molar-refractivity contribution in [2.45, 2.75) is 45.3 Å². The van der Waals surface area contributed by atoms with Crippen LogP contribution in [0.1, 0.15) is 30.5 Å². The maximum Gasteiger partial charge on any atom is 0.243 e. The van der Waals surface area contributed by atoms with Crippen molar-refractivity contribution >= 4 is 46.6 Å². The first-order valence-corrected chi connectivity index (χ1v) is 12.2. The van der Waals surface area contributed by atoms with Crippen LogP contribution in [0.3, 0.4) is 0 Å². The third kappa shape index (κ3) is 7.23. The van der Waals surface area contributed by atoms with E-state index in [0.29, 0.717) is 27.1 Å². The van der Waals surface area contributed by atoms with Crippen LogP contribution in [-0.2, 0) is 29.0 Å². The fourth-order valence-electron chi connectivity index (χ4n) is 3.67. The number of carbonyl (C=O) groups excluding carboxylic acids is 2. The Kier molecular flexibility index (Phi) is 9.40. The summed E-state index contributed by atoms with van der Waals surface area (Å²) in [6, 6.07) is 21.1. The van der Waals surface area contributed by atoms with Crippen molar-refractivity contribution in [3.63, 3.8) is 0 Å². The van der Waals surface area contributed by atoms with Crippen molar-refractivity contribution in [2.24, 2.45) is 0 Å². The molecular formula is C27H27Cl3N2O2. The second-order valence-electron chi connectivity index (χ2n) is 8.39. The van der Waals surface area contributed by atoms with E-state index in [9.17, 15) is 9.59 Å². The first-order chi connectivity index (χ1) is 16.2. The molecule has 1 unspecified atom stereocenters. The number of benzene rings is 3. The molecule has 178 valence electrons. The van der Waals surface area contributed by atoms with Gasteiger partial charge in [0.15, 0.2) is 0 Å². The Balaban J connectivity index is 2.01. The average Bonchev–Trinajstić information content (AvgIpc) is 2.79. The first kappa shape index (κ1) is 26.1. The van der Waals surface area contributed by atoms with Crippen molar-refractivity contribution in [3.05, 3.63) is 105 Å². The molecule has 1 N–H and O–H groups in total. The van der Waals surface area contributed by atoms with Crippen LogP contribution in [-0.4, -0.2) is 28.8 Å². The zero-order chi connectivity index (χ0) is 24.7. The zero-order valence-corrected chi connectivity index (χ0v) is 21.4. The number of carbonyl (C=O) groups is 2. The molecule has 0 spiro atoms. The molecule has 0 bridgehead atoms. The van der Waals surface area contributed by atoms with Gasteiger partial charge in [0.05, 0.1) is 6.42 Å². The fraction of sp³-hybridized carbons (Fsp3) is 0.259. The molecule has 0 saturated heterocycles. The zero-order valence-electron chi connectivity index (χ0n) is 19.1.